The second-order valence-corrected chi connectivity index (χ2v) is 13.1. The fraction of sp³-hybridized carbons (Fsp3) is 0.923. The molecule has 0 aromatic rings. The van der Waals surface area contributed by atoms with E-state index in [0.29, 0.717) is 6.42 Å². The minimum Gasteiger partial charge on any atom is -0.462 e. The number of carbonyl (C=O) groups is 3. The van der Waals surface area contributed by atoms with Gasteiger partial charge in [-0.1, -0.05) is 175 Å². The number of ether oxygens (including phenoxy) is 3. The molecule has 0 aromatic carbocycles. The minimum absolute atomic E-state index is 0.239. The van der Waals surface area contributed by atoms with Crippen molar-refractivity contribution >= 4 is 17.9 Å². The predicted octanol–water partition coefficient (Wildman–Crippen LogP) is 11.7. The normalized spacial score (nSPS) is 12.8. The van der Waals surface area contributed by atoms with Gasteiger partial charge in [0.15, 0.2) is 6.10 Å². The van der Waals surface area contributed by atoms with Gasteiger partial charge in [0, 0.05) is 19.3 Å². The number of unbranched alkanes of at least 4 members (excludes halogenated alkanes) is 24. The summed E-state index contributed by atoms with van der Waals surface area (Å²) in [6, 6.07) is 0. The molecule has 0 rings (SSSR count). The molecule has 6 heteroatoms. The molecule has 2 atom stereocenters. The van der Waals surface area contributed by atoms with Gasteiger partial charge in [0.25, 0.3) is 0 Å². The summed E-state index contributed by atoms with van der Waals surface area (Å²) >= 11 is 0. The van der Waals surface area contributed by atoms with Crippen molar-refractivity contribution in [3.05, 3.63) is 0 Å². The number of carbonyl (C=O) groups excluding carboxylic acids is 3. The first-order valence-electron chi connectivity index (χ1n) is 20.0. The molecule has 0 aromatic heterocycles. The number of hydrogen-bond acceptors (Lipinski definition) is 6. The summed E-state index contributed by atoms with van der Waals surface area (Å²) in [6.45, 7) is 4.98. The molecule has 0 aliphatic heterocycles. The second kappa shape index (κ2) is 35.3. The summed E-state index contributed by atoms with van der Waals surface area (Å²) in [5.41, 5.74) is 0. The van der Waals surface area contributed by atoms with E-state index in [9.17, 15) is 14.4 Å². The lowest BCUT2D eigenvalue weighted by Crippen LogP contribution is -2.30. The van der Waals surface area contributed by atoms with Gasteiger partial charge in [0.05, 0.1) is 1.37 Å². The highest BCUT2D eigenvalue weighted by atomic mass is 16.6. The lowest BCUT2D eigenvalue weighted by molar-refractivity contribution is -0.167. The quantitative estimate of drug-likeness (QED) is 0.0390. The van der Waals surface area contributed by atoms with Gasteiger partial charge in [-0.3, -0.25) is 14.4 Å². The molecular weight excluding hydrogens is 564 g/mol. The standard InChI is InChI=1S/C39H74O6/c1-4-7-10-13-16-19-22-25-28-31-37(40)43-34-36(45-39(42)33-30-27-24-21-18-15-12-9-6-3)35-44-38(41)32-29-26-23-20-17-14-11-8-5-2/h36H,4-35H2,1-3H3/i34D. The van der Waals surface area contributed by atoms with E-state index in [-0.39, 0.29) is 25.4 Å². The zero-order chi connectivity index (χ0) is 33.9. The van der Waals surface area contributed by atoms with Crippen LogP contribution in [0.5, 0.6) is 0 Å². The van der Waals surface area contributed by atoms with Crippen LogP contribution in [0, 0.1) is 0 Å². The van der Waals surface area contributed by atoms with Crippen molar-refractivity contribution in [2.45, 2.75) is 219 Å². The Bertz CT molecular complexity index is 700. The van der Waals surface area contributed by atoms with Crippen LogP contribution in [-0.2, 0) is 28.6 Å². The number of rotatable bonds is 35. The van der Waals surface area contributed by atoms with Gasteiger partial charge in [0.1, 0.15) is 13.2 Å². The largest absolute Gasteiger partial charge is 0.462 e. The molecule has 0 heterocycles. The molecule has 45 heavy (non-hydrogen) atoms. The monoisotopic (exact) mass is 640 g/mol. The molecule has 266 valence electrons. The van der Waals surface area contributed by atoms with E-state index in [1.54, 1.807) is 0 Å². The Morgan fingerprint density at radius 2 is 0.711 bits per heavy atom. The zero-order valence-electron chi connectivity index (χ0n) is 31.0. The van der Waals surface area contributed by atoms with Crippen LogP contribution in [0.25, 0.3) is 0 Å². The third kappa shape index (κ3) is 33.6. The summed E-state index contributed by atoms with van der Waals surface area (Å²) in [4.78, 5) is 37.5. The smallest absolute Gasteiger partial charge is 0.306 e. The molecule has 6 nitrogen and oxygen atoms in total. The molecule has 0 saturated carbocycles. The van der Waals surface area contributed by atoms with E-state index >= 15 is 0 Å². The summed E-state index contributed by atoms with van der Waals surface area (Å²) < 4.78 is 24.7. The summed E-state index contributed by atoms with van der Waals surface area (Å²) in [7, 11) is 0. The maximum Gasteiger partial charge on any atom is 0.306 e. The highest BCUT2D eigenvalue weighted by molar-refractivity contribution is 5.71. The van der Waals surface area contributed by atoms with Crippen molar-refractivity contribution in [2.75, 3.05) is 13.2 Å². The molecular formula is C39H74O6. The topological polar surface area (TPSA) is 78.9 Å². The summed E-state index contributed by atoms with van der Waals surface area (Å²) in [5.74, 6) is -1.27. The Kier molecular flexibility index (Phi) is 32.5. The lowest BCUT2D eigenvalue weighted by Gasteiger charge is -2.18. The van der Waals surface area contributed by atoms with Crippen LogP contribution in [0.3, 0.4) is 0 Å². The third-order valence-corrected chi connectivity index (χ3v) is 8.50. The number of hydrogen-bond donors (Lipinski definition) is 0. The van der Waals surface area contributed by atoms with Crippen molar-refractivity contribution < 1.29 is 30.0 Å². The Balaban J connectivity index is 4.51. The van der Waals surface area contributed by atoms with Crippen molar-refractivity contribution in [2.24, 2.45) is 0 Å². The van der Waals surface area contributed by atoms with Crippen molar-refractivity contribution in [3.8, 4) is 0 Å². The van der Waals surface area contributed by atoms with Gasteiger partial charge >= 0.3 is 17.9 Å². The van der Waals surface area contributed by atoms with Crippen molar-refractivity contribution in [1.29, 1.82) is 0 Å². The van der Waals surface area contributed by atoms with Crippen LogP contribution >= 0.6 is 0 Å². The predicted molar refractivity (Wildman–Crippen MR) is 187 cm³/mol. The van der Waals surface area contributed by atoms with Gasteiger partial charge in [-0.25, -0.2) is 0 Å². The maximum absolute atomic E-state index is 12.6. The molecule has 0 N–H and O–H groups in total. The second-order valence-electron chi connectivity index (χ2n) is 13.1. The highest BCUT2D eigenvalue weighted by Gasteiger charge is 2.19. The fourth-order valence-electron chi connectivity index (χ4n) is 5.53. The fourth-order valence-corrected chi connectivity index (χ4v) is 5.53. The number of esters is 3. The Morgan fingerprint density at radius 1 is 0.422 bits per heavy atom. The summed E-state index contributed by atoms with van der Waals surface area (Å²) in [5, 5.41) is 0. The lowest BCUT2D eigenvalue weighted by atomic mass is 10.1. The maximum atomic E-state index is 12.6. The van der Waals surface area contributed by atoms with Gasteiger partial charge in [0.2, 0.25) is 0 Å². The average Bonchev–Trinajstić information content (AvgIpc) is 3.04. The first-order chi connectivity index (χ1) is 22.4. The first-order valence-corrected chi connectivity index (χ1v) is 19.4. The van der Waals surface area contributed by atoms with Crippen LogP contribution in [-0.4, -0.2) is 37.2 Å². The van der Waals surface area contributed by atoms with E-state index < -0.39 is 24.6 Å². The Hall–Kier alpha value is -1.59. The Labute approximate surface area is 280 Å². The van der Waals surface area contributed by atoms with Crippen LogP contribution < -0.4 is 0 Å². The van der Waals surface area contributed by atoms with Crippen LogP contribution in [0.1, 0.15) is 215 Å². The molecule has 0 bridgehead atoms. The van der Waals surface area contributed by atoms with E-state index in [4.69, 9.17) is 15.6 Å². The third-order valence-electron chi connectivity index (χ3n) is 8.50. The molecule has 0 spiro atoms. The minimum atomic E-state index is -1.42. The molecule has 0 aliphatic carbocycles. The van der Waals surface area contributed by atoms with E-state index in [0.717, 1.165) is 57.8 Å². The van der Waals surface area contributed by atoms with Crippen molar-refractivity contribution in [3.63, 3.8) is 0 Å². The van der Waals surface area contributed by atoms with Gasteiger partial charge < -0.3 is 14.2 Å². The van der Waals surface area contributed by atoms with Crippen LogP contribution in [0.4, 0.5) is 0 Å². The van der Waals surface area contributed by atoms with E-state index in [1.165, 1.54) is 116 Å². The van der Waals surface area contributed by atoms with Gasteiger partial charge in [-0.05, 0) is 19.3 Å². The molecule has 0 saturated heterocycles. The van der Waals surface area contributed by atoms with Crippen LogP contribution in [0.2, 0.25) is 0 Å². The molecule has 2 unspecified atom stereocenters. The van der Waals surface area contributed by atoms with Gasteiger partial charge in [-0.15, -0.1) is 0 Å². The highest BCUT2D eigenvalue weighted by Crippen LogP contribution is 2.14. The molecule has 0 aliphatic rings. The molecule has 0 amide bonds. The van der Waals surface area contributed by atoms with Crippen LogP contribution in [0.15, 0.2) is 0 Å². The summed E-state index contributed by atoms with van der Waals surface area (Å²) in [6.07, 6.45) is 30.8. The Morgan fingerprint density at radius 3 is 1.07 bits per heavy atom. The zero-order valence-corrected chi connectivity index (χ0v) is 30.0. The SMILES string of the molecule is [2H]C(OC(=O)CCCCCCCCCCC)C(COC(=O)CCCCCCCCCCC)OC(=O)CCCCCCCCCCC. The van der Waals surface area contributed by atoms with E-state index in [1.807, 2.05) is 0 Å². The van der Waals surface area contributed by atoms with Crippen molar-refractivity contribution in [1.82, 2.24) is 0 Å². The molecule has 0 fully saturated rings. The first kappa shape index (κ1) is 41.4. The average molecular weight is 640 g/mol. The van der Waals surface area contributed by atoms with E-state index in [2.05, 4.69) is 20.8 Å². The van der Waals surface area contributed by atoms with Gasteiger partial charge in [-0.2, -0.15) is 0 Å². The molecule has 0 radical (unpaired) electrons.